The van der Waals surface area contributed by atoms with Gasteiger partial charge in [0.1, 0.15) is 11.2 Å². The maximum Gasteiger partial charge on any atom is 0.252 e. The summed E-state index contributed by atoms with van der Waals surface area (Å²) in [6.07, 6.45) is 0. The van der Waals surface area contributed by atoms with E-state index in [-0.39, 0.29) is 6.71 Å². The molecule has 0 unspecified atom stereocenters. The third kappa shape index (κ3) is 3.17. The third-order valence-corrected chi connectivity index (χ3v) is 9.42. The van der Waals surface area contributed by atoms with E-state index in [0.717, 1.165) is 27.9 Å². The predicted octanol–water partition coefficient (Wildman–Crippen LogP) is 8.82. The molecule has 4 heteroatoms. The van der Waals surface area contributed by atoms with Crippen molar-refractivity contribution in [1.29, 1.82) is 0 Å². The summed E-state index contributed by atoms with van der Waals surface area (Å²) in [6.45, 7) is 0.132. The van der Waals surface area contributed by atoms with E-state index >= 15 is 0 Å². The van der Waals surface area contributed by atoms with Crippen molar-refractivity contribution in [3.8, 4) is 0 Å². The fourth-order valence-corrected chi connectivity index (χ4v) is 7.64. The maximum atomic E-state index is 6.38. The Bertz CT molecular complexity index is 2430. The zero-order chi connectivity index (χ0) is 28.8. The zero-order valence-electron chi connectivity index (χ0n) is 23.8. The summed E-state index contributed by atoms with van der Waals surface area (Å²) >= 11 is 0. The highest BCUT2D eigenvalue weighted by Crippen LogP contribution is 2.45. The average Bonchev–Trinajstić information content (AvgIpc) is 3.47. The molecule has 0 N–H and O–H groups in total. The summed E-state index contributed by atoms with van der Waals surface area (Å²) in [4.78, 5) is 4.88. The molecule has 2 aliphatic heterocycles. The molecule has 0 saturated heterocycles. The van der Waals surface area contributed by atoms with Crippen molar-refractivity contribution in [1.82, 2.24) is 0 Å². The quantitative estimate of drug-likeness (QED) is 0.197. The minimum absolute atomic E-state index is 0.132. The van der Waals surface area contributed by atoms with Gasteiger partial charge in [0, 0.05) is 44.9 Å². The molecule has 3 heterocycles. The van der Waals surface area contributed by atoms with Gasteiger partial charge in [0.15, 0.2) is 0 Å². The molecule has 10 rings (SSSR count). The van der Waals surface area contributed by atoms with Crippen LogP contribution in [0.4, 0.5) is 34.1 Å². The van der Waals surface area contributed by atoms with Gasteiger partial charge in [-0.1, -0.05) is 91.0 Å². The van der Waals surface area contributed by atoms with Crippen molar-refractivity contribution < 1.29 is 4.42 Å². The van der Waals surface area contributed by atoms with Crippen LogP contribution in [0.1, 0.15) is 0 Å². The standard InChI is InChI=1S/C40H25BN2O/c1-2-12-27(13-3-1)42-33-17-8-6-15-31(33)41-32-16-7-9-18-34(32)43(36-20-10-19-35(42)40(36)41)28-22-24-37-30(25-28)39-29-14-5-4-11-26(29)21-23-38(39)44-37/h1-25H. The van der Waals surface area contributed by atoms with E-state index in [1.165, 1.54) is 55.3 Å². The Balaban J connectivity index is 1.27. The van der Waals surface area contributed by atoms with E-state index < -0.39 is 0 Å². The molecule has 0 saturated carbocycles. The molecule has 0 spiro atoms. The number of hydrogen-bond donors (Lipinski definition) is 0. The monoisotopic (exact) mass is 560 g/mol. The molecule has 0 aliphatic carbocycles. The van der Waals surface area contributed by atoms with Gasteiger partial charge >= 0.3 is 0 Å². The number of para-hydroxylation sites is 3. The number of rotatable bonds is 2. The molecule has 1 aromatic heterocycles. The molecule has 8 aromatic rings. The van der Waals surface area contributed by atoms with Crippen molar-refractivity contribution >= 4 is 89.9 Å². The van der Waals surface area contributed by atoms with Crippen molar-refractivity contribution in [2.75, 3.05) is 9.80 Å². The second-order valence-electron chi connectivity index (χ2n) is 11.7. The van der Waals surface area contributed by atoms with E-state index in [9.17, 15) is 0 Å². The summed E-state index contributed by atoms with van der Waals surface area (Å²) in [5.41, 5.74) is 12.9. The highest BCUT2D eigenvalue weighted by Gasteiger charge is 2.42. The first-order valence-corrected chi connectivity index (χ1v) is 15.2. The molecular weight excluding hydrogens is 535 g/mol. The lowest BCUT2D eigenvalue weighted by Gasteiger charge is -2.44. The van der Waals surface area contributed by atoms with Crippen molar-refractivity contribution in [2.24, 2.45) is 0 Å². The van der Waals surface area contributed by atoms with Gasteiger partial charge in [0.25, 0.3) is 6.71 Å². The van der Waals surface area contributed by atoms with Gasteiger partial charge in [-0.15, -0.1) is 0 Å². The first-order valence-electron chi connectivity index (χ1n) is 15.2. The minimum atomic E-state index is 0.132. The molecule has 0 bridgehead atoms. The summed E-state index contributed by atoms with van der Waals surface area (Å²) in [5.74, 6) is 0. The first-order chi connectivity index (χ1) is 21.8. The van der Waals surface area contributed by atoms with E-state index in [0.29, 0.717) is 0 Å². The maximum absolute atomic E-state index is 6.38. The van der Waals surface area contributed by atoms with Crippen LogP contribution in [0.3, 0.4) is 0 Å². The van der Waals surface area contributed by atoms with Gasteiger partial charge in [0.05, 0.1) is 0 Å². The number of nitrogens with zero attached hydrogens (tertiary/aromatic N) is 2. The van der Waals surface area contributed by atoms with Gasteiger partial charge in [-0.2, -0.15) is 0 Å². The van der Waals surface area contributed by atoms with Gasteiger partial charge in [-0.3, -0.25) is 0 Å². The second-order valence-corrected chi connectivity index (χ2v) is 11.7. The molecule has 0 fully saturated rings. The van der Waals surface area contributed by atoms with Crippen molar-refractivity contribution in [3.63, 3.8) is 0 Å². The van der Waals surface area contributed by atoms with Crippen LogP contribution in [0.2, 0.25) is 0 Å². The summed E-state index contributed by atoms with van der Waals surface area (Å²) < 4.78 is 6.38. The molecule has 204 valence electrons. The van der Waals surface area contributed by atoms with Crippen molar-refractivity contribution in [2.45, 2.75) is 0 Å². The van der Waals surface area contributed by atoms with Crippen LogP contribution in [0, 0.1) is 0 Å². The Hall–Kier alpha value is -5.74. The molecule has 0 radical (unpaired) electrons. The van der Waals surface area contributed by atoms with Crippen LogP contribution in [-0.4, -0.2) is 6.71 Å². The number of fused-ring (bicyclic) bond motifs is 9. The van der Waals surface area contributed by atoms with Gasteiger partial charge in [0.2, 0.25) is 0 Å². The second kappa shape index (κ2) is 8.89. The molecule has 0 atom stereocenters. The SMILES string of the molecule is c1ccc(N2c3ccccc3B3c4ccccc4N(c4ccc5oc6ccc7ccccc7c6c5c4)c4cccc2c43)cc1. The fourth-order valence-electron chi connectivity index (χ4n) is 7.64. The molecule has 0 amide bonds. The molecule has 44 heavy (non-hydrogen) atoms. The third-order valence-electron chi connectivity index (χ3n) is 9.42. The van der Waals surface area contributed by atoms with Crippen LogP contribution in [-0.2, 0) is 0 Å². The Morgan fingerprint density at radius 3 is 1.82 bits per heavy atom. The average molecular weight is 560 g/mol. The topological polar surface area (TPSA) is 19.6 Å². The molecule has 2 aliphatic rings. The van der Waals surface area contributed by atoms with E-state index in [1.54, 1.807) is 0 Å². The minimum Gasteiger partial charge on any atom is -0.456 e. The van der Waals surface area contributed by atoms with Crippen LogP contribution in [0.5, 0.6) is 0 Å². The lowest BCUT2D eigenvalue weighted by molar-refractivity contribution is 0.669. The van der Waals surface area contributed by atoms with Crippen LogP contribution in [0.15, 0.2) is 156 Å². The Labute approximate surface area is 255 Å². The largest absolute Gasteiger partial charge is 0.456 e. The van der Waals surface area contributed by atoms with Crippen LogP contribution < -0.4 is 26.2 Å². The number of furan rings is 1. The van der Waals surface area contributed by atoms with Gasteiger partial charge in [-0.05, 0) is 87.8 Å². The van der Waals surface area contributed by atoms with E-state index in [4.69, 9.17) is 4.42 Å². The summed E-state index contributed by atoms with van der Waals surface area (Å²) in [6, 6.07) is 54.8. The Morgan fingerprint density at radius 1 is 0.432 bits per heavy atom. The smallest absolute Gasteiger partial charge is 0.252 e. The molecular formula is C40H25BN2O. The fraction of sp³-hybridized carbons (Fsp3) is 0. The zero-order valence-corrected chi connectivity index (χ0v) is 23.8. The number of benzene rings is 7. The van der Waals surface area contributed by atoms with E-state index in [2.05, 4.69) is 161 Å². The van der Waals surface area contributed by atoms with Crippen LogP contribution in [0.25, 0.3) is 32.7 Å². The number of anilines is 6. The number of hydrogen-bond acceptors (Lipinski definition) is 3. The van der Waals surface area contributed by atoms with Crippen LogP contribution >= 0.6 is 0 Å². The van der Waals surface area contributed by atoms with E-state index in [1.807, 2.05) is 0 Å². The molecule has 3 nitrogen and oxygen atoms in total. The highest BCUT2D eigenvalue weighted by atomic mass is 16.3. The van der Waals surface area contributed by atoms with Gasteiger partial charge in [-0.25, -0.2) is 0 Å². The first kappa shape index (κ1) is 23.8. The lowest BCUT2D eigenvalue weighted by atomic mass is 9.33. The highest BCUT2D eigenvalue weighted by molar-refractivity contribution is 7.00. The summed E-state index contributed by atoms with van der Waals surface area (Å²) in [7, 11) is 0. The van der Waals surface area contributed by atoms with Gasteiger partial charge < -0.3 is 14.2 Å². The predicted molar refractivity (Wildman–Crippen MR) is 185 cm³/mol. The Kier molecular flexibility index (Phi) is 4.80. The summed E-state index contributed by atoms with van der Waals surface area (Å²) in [5, 5.41) is 4.74. The normalized spacial score (nSPS) is 13.3. The van der Waals surface area contributed by atoms with Crippen molar-refractivity contribution in [3.05, 3.63) is 152 Å². The lowest BCUT2D eigenvalue weighted by Crippen LogP contribution is -2.61. The molecule has 7 aromatic carbocycles. The Morgan fingerprint density at radius 2 is 1.05 bits per heavy atom.